The van der Waals surface area contributed by atoms with Gasteiger partial charge < -0.3 is 9.32 Å². The number of rotatable bonds is 4. The number of amides is 1. The number of carbonyl (C=O) groups is 1. The minimum atomic E-state index is -0.172. The van der Waals surface area contributed by atoms with E-state index in [4.69, 9.17) is 4.42 Å². The molecular formula is C14H16N2O2. The Morgan fingerprint density at radius 1 is 1.33 bits per heavy atom. The van der Waals surface area contributed by atoms with Gasteiger partial charge in [-0.2, -0.15) is 0 Å². The van der Waals surface area contributed by atoms with Crippen molar-refractivity contribution >= 4 is 5.91 Å². The highest BCUT2D eigenvalue weighted by Gasteiger charge is 2.19. The molecule has 1 heterocycles. The van der Waals surface area contributed by atoms with Crippen LogP contribution < -0.4 is 0 Å². The molecule has 1 amide bonds. The van der Waals surface area contributed by atoms with Gasteiger partial charge in [0.05, 0.1) is 6.20 Å². The molecule has 18 heavy (non-hydrogen) atoms. The van der Waals surface area contributed by atoms with E-state index < -0.39 is 0 Å². The normalized spacial score (nSPS) is 10.3. The molecule has 2 rings (SSSR count). The maximum atomic E-state index is 12.2. The van der Waals surface area contributed by atoms with Crippen molar-refractivity contribution in [2.75, 3.05) is 6.54 Å². The molecule has 0 atom stereocenters. The first-order chi connectivity index (χ1) is 8.70. The van der Waals surface area contributed by atoms with Crippen molar-refractivity contribution in [2.24, 2.45) is 0 Å². The Balaban J connectivity index is 2.12. The third-order valence-electron chi connectivity index (χ3n) is 2.69. The minimum Gasteiger partial charge on any atom is -0.438 e. The maximum Gasteiger partial charge on any atom is 0.310 e. The van der Waals surface area contributed by atoms with Crippen LogP contribution >= 0.6 is 0 Å². The molecule has 0 aliphatic heterocycles. The zero-order valence-corrected chi connectivity index (χ0v) is 10.6. The van der Waals surface area contributed by atoms with Gasteiger partial charge >= 0.3 is 5.91 Å². The Labute approximate surface area is 106 Å². The monoisotopic (exact) mass is 244 g/mol. The Hall–Kier alpha value is -2.10. The number of benzene rings is 1. The van der Waals surface area contributed by atoms with Crippen LogP contribution in [0.5, 0.6) is 0 Å². The largest absolute Gasteiger partial charge is 0.438 e. The lowest BCUT2D eigenvalue weighted by Crippen LogP contribution is -2.30. The Bertz CT molecular complexity index is 520. The third-order valence-corrected chi connectivity index (χ3v) is 2.69. The molecule has 4 nitrogen and oxygen atoms in total. The molecule has 0 saturated carbocycles. The number of aromatic nitrogens is 1. The zero-order chi connectivity index (χ0) is 13.0. The summed E-state index contributed by atoms with van der Waals surface area (Å²) in [5.74, 6) is 0.633. The van der Waals surface area contributed by atoms with Crippen LogP contribution in [0.3, 0.4) is 0 Å². The number of oxazole rings is 1. The molecule has 2 aromatic rings. The minimum absolute atomic E-state index is 0.158. The van der Waals surface area contributed by atoms with Crippen molar-refractivity contribution in [1.29, 1.82) is 0 Å². The van der Waals surface area contributed by atoms with Crippen molar-refractivity contribution in [3.8, 4) is 0 Å². The fourth-order valence-corrected chi connectivity index (χ4v) is 1.72. The predicted molar refractivity (Wildman–Crippen MR) is 68.1 cm³/mol. The van der Waals surface area contributed by atoms with Gasteiger partial charge in [-0.3, -0.25) is 4.79 Å². The molecule has 0 bridgehead atoms. The van der Waals surface area contributed by atoms with E-state index in [2.05, 4.69) is 4.98 Å². The first kappa shape index (κ1) is 12.4. The molecular weight excluding hydrogens is 228 g/mol. The number of nitrogens with zero attached hydrogens (tertiary/aromatic N) is 2. The fraction of sp³-hybridized carbons (Fsp3) is 0.286. The van der Waals surface area contributed by atoms with E-state index in [-0.39, 0.29) is 11.8 Å². The molecule has 1 aromatic carbocycles. The first-order valence-electron chi connectivity index (χ1n) is 5.96. The molecule has 0 unspecified atom stereocenters. The summed E-state index contributed by atoms with van der Waals surface area (Å²) in [6.45, 7) is 4.90. The summed E-state index contributed by atoms with van der Waals surface area (Å²) < 4.78 is 5.26. The third kappa shape index (κ3) is 2.77. The SMILES string of the molecule is CCN(Cc1ccccc1)C(=O)c1ncc(C)o1. The molecule has 0 spiro atoms. The van der Waals surface area contributed by atoms with Crippen LogP contribution in [-0.4, -0.2) is 22.3 Å². The van der Waals surface area contributed by atoms with Gasteiger partial charge in [0.25, 0.3) is 5.89 Å². The molecule has 0 radical (unpaired) electrons. The van der Waals surface area contributed by atoms with E-state index in [1.54, 1.807) is 18.0 Å². The standard InChI is InChI=1S/C14H16N2O2/c1-3-16(10-12-7-5-4-6-8-12)14(17)13-15-9-11(2)18-13/h4-9H,3,10H2,1-2H3. The molecule has 0 aliphatic rings. The fourth-order valence-electron chi connectivity index (χ4n) is 1.72. The lowest BCUT2D eigenvalue weighted by molar-refractivity contribution is 0.0711. The van der Waals surface area contributed by atoms with Gasteiger partial charge in [0.15, 0.2) is 0 Å². The second kappa shape index (κ2) is 5.49. The van der Waals surface area contributed by atoms with Gasteiger partial charge in [0.2, 0.25) is 0 Å². The highest BCUT2D eigenvalue weighted by Crippen LogP contribution is 2.10. The van der Waals surface area contributed by atoms with Crippen LogP contribution in [0.25, 0.3) is 0 Å². The van der Waals surface area contributed by atoms with E-state index in [0.717, 1.165) is 5.56 Å². The second-order valence-corrected chi connectivity index (χ2v) is 4.08. The lowest BCUT2D eigenvalue weighted by atomic mass is 10.2. The maximum absolute atomic E-state index is 12.2. The number of aryl methyl sites for hydroxylation is 1. The average Bonchev–Trinajstić information content (AvgIpc) is 2.83. The van der Waals surface area contributed by atoms with Crippen LogP contribution in [-0.2, 0) is 6.54 Å². The van der Waals surface area contributed by atoms with Crippen LogP contribution in [0.2, 0.25) is 0 Å². The topological polar surface area (TPSA) is 46.3 Å². The van der Waals surface area contributed by atoms with E-state index in [1.165, 1.54) is 0 Å². The first-order valence-corrected chi connectivity index (χ1v) is 5.96. The summed E-state index contributed by atoms with van der Waals surface area (Å²) in [4.78, 5) is 17.8. The van der Waals surface area contributed by atoms with Gasteiger partial charge in [0.1, 0.15) is 5.76 Å². The van der Waals surface area contributed by atoms with Gasteiger partial charge in [-0.1, -0.05) is 30.3 Å². The van der Waals surface area contributed by atoms with Crippen LogP contribution in [0.4, 0.5) is 0 Å². The molecule has 94 valence electrons. The number of hydrogen-bond acceptors (Lipinski definition) is 3. The van der Waals surface area contributed by atoms with Gasteiger partial charge in [-0.15, -0.1) is 0 Å². The Morgan fingerprint density at radius 3 is 2.61 bits per heavy atom. The highest BCUT2D eigenvalue weighted by molar-refractivity contribution is 5.89. The van der Waals surface area contributed by atoms with Gasteiger partial charge in [-0.05, 0) is 19.4 Å². The summed E-state index contributed by atoms with van der Waals surface area (Å²) >= 11 is 0. The summed E-state index contributed by atoms with van der Waals surface area (Å²) in [5.41, 5.74) is 1.09. The van der Waals surface area contributed by atoms with Crippen LogP contribution in [0, 0.1) is 6.92 Å². The predicted octanol–water partition coefficient (Wildman–Crippen LogP) is 2.65. The Kier molecular flexibility index (Phi) is 3.77. The quantitative estimate of drug-likeness (QED) is 0.830. The van der Waals surface area contributed by atoms with E-state index in [0.29, 0.717) is 18.8 Å². The average molecular weight is 244 g/mol. The van der Waals surface area contributed by atoms with E-state index in [1.807, 2.05) is 37.3 Å². The van der Waals surface area contributed by atoms with Crippen molar-refractivity contribution in [1.82, 2.24) is 9.88 Å². The number of carbonyl (C=O) groups excluding carboxylic acids is 1. The summed E-state index contributed by atoms with van der Waals surface area (Å²) in [5, 5.41) is 0. The molecule has 0 saturated heterocycles. The zero-order valence-electron chi connectivity index (χ0n) is 10.6. The van der Waals surface area contributed by atoms with Crippen molar-refractivity contribution < 1.29 is 9.21 Å². The van der Waals surface area contributed by atoms with Crippen molar-refractivity contribution in [2.45, 2.75) is 20.4 Å². The van der Waals surface area contributed by atoms with Crippen molar-refractivity contribution in [3.63, 3.8) is 0 Å². The second-order valence-electron chi connectivity index (χ2n) is 4.08. The van der Waals surface area contributed by atoms with E-state index >= 15 is 0 Å². The smallest absolute Gasteiger partial charge is 0.310 e. The van der Waals surface area contributed by atoms with Crippen LogP contribution in [0.1, 0.15) is 28.9 Å². The van der Waals surface area contributed by atoms with Crippen molar-refractivity contribution in [3.05, 3.63) is 53.7 Å². The molecule has 4 heteroatoms. The molecule has 0 N–H and O–H groups in total. The summed E-state index contributed by atoms with van der Waals surface area (Å²) in [6.07, 6.45) is 1.56. The Morgan fingerprint density at radius 2 is 2.06 bits per heavy atom. The molecule has 0 aliphatic carbocycles. The lowest BCUT2D eigenvalue weighted by Gasteiger charge is -2.19. The van der Waals surface area contributed by atoms with Crippen LogP contribution in [0.15, 0.2) is 40.9 Å². The van der Waals surface area contributed by atoms with Gasteiger partial charge in [0, 0.05) is 13.1 Å². The highest BCUT2D eigenvalue weighted by atomic mass is 16.4. The molecule has 0 fully saturated rings. The van der Waals surface area contributed by atoms with Gasteiger partial charge in [-0.25, -0.2) is 4.98 Å². The number of hydrogen-bond donors (Lipinski definition) is 0. The molecule has 1 aromatic heterocycles. The summed E-state index contributed by atoms with van der Waals surface area (Å²) in [6, 6.07) is 9.87. The van der Waals surface area contributed by atoms with E-state index in [9.17, 15) is 4.79 Å². The summed E-state index contributed by atoms with van der Waals surface area (Å²) in [7, 11) is 0.